The van der Waals surface area contributed by atoms with Gasteiger partial charge < -0.3 is 10.2 Å². The van der Waals surface area contributed by atoms with Crippen molar-refractivity contribution in [2.24, 2.45) is 0 Å². The van der Waals surface area contributed by atoms with Crippen LogP contribution >= 0.6 is 0 Å². The highest BCUT2D eigenvalue weighted by atomic mass is 19.1. The molecule has 1 aromatic rings. The topological polar surface area (TPSA) is 32.3 Å². The van der Waals surface area contributed by atoms with Crippen LogP contribution in [0, 0.1) is 11.6 Å². The summed E-state index contributed by atoms with van der Waals surface area (Å²) in [5.41, 5.74) is -0.0575. The number of nitrogens with zero attached hydrogens (tertiary/aromatic N) is 1. The summed E-state index contributed by atoms with van der Waals surface area (Å²) in [4.78, 5) is 14.0. The van der Waals surface area contributed by atoms with Gasteiger partial charge in [0, 0.05) is 25.2 Å². The number of carbonyl (C=O) groups is 1. The normalized spacial score (nSPS) is 18.2. The van der Waals surface area contributed by atoms with Crippen LogP contribution in [0.5, 0.6) is 0 Å². The van der Waals surface area contributed by atoms with Crippen molar-refractivity contribution in [3.8, 4) is 0 Å². The van der Waals surface area contributed by atoms with Gasteiger partial charge in [0.15, 0.2) is 0 Å². The fraction of sp³-hybridized carbons (Fsp3) is 0.533. The lowest BCUT2D eigenvalue weighted by molar-refractivity contribution is 0.0737. The van der Waals surface area contributed by atoms with Crippen molar-refractivity contribution >= 4 is 5.91 Å². The predicted octanol–water partition coefficient (Wildman–Crippen LogP) is 2.57. The second-order valence-corrected chi connectivity index (χ2v) is 5.17. The number of carbonyl (C=O) groups excluding carboxylic acids is 1. The fourth-order valence-electron chi connectivity index (χ4n) is 2.56. The van der Waals surface area contributed by atoms with Crippen LogP contribution < -0.4 is 5.32 Å². The Morgan fingerprint density at radius 1 is 1.45 bits per heavy atom. The zero-order valence-electron chi connectivity index (χ0n) is 11.7. The van der Waals surface area contributed by atoms with Crippen molar-refractivity contribution in [1.29, 1.82) is 0 Å². The molecular formula is C15H20F2N2O. The summed E-state index contributed by atoms with van der Waals surface area (Å²) in [7, 11) is 0. The Morgan fingerprint density at radius 2 is 2.25 bits per heavy atom. The molecule has 0 spiro atoms. The summed E-state index contributed by atoms with van der Waals surface area (Å²) >= 11 is 0. The molecule has 1 aliphatic heterocycles. The maximum absolute atomic E-state index is 13.7. The molecule has 1 aromatic carbocycles. The minimum absolute atomic E-state index is 0.0575. The van der Waals surface area contributed by atoms with Gasteiger partial charge in [0.1, 0.15) is 11.6 Å². The minimum atomic E-state index is -0.796. The van der Waals surface area contributed by atoms with Crippen LogP contribution in [-0.2, 0) is 0 Å². The molecule has 1 fully saturated rings. The van der Waals surface area contributed by atoms with E-state index in [2.05, 4.69) is 5.32 Å². The lowest BCUT2D eigenvalue weighted by atomic mass is 10.1. The molecule has 0 bridgehead atoms. The van der Waals surface area contributed by atoms with Gasteiger partial charge in [-0.2, -0.15) is 0 Å². The molecule has 1 saturated heterocycles. The summed E-state index contributed by atoms with van der Waals surface area (Å²) in [6, 6.07) is 3.37. The molecule has 1 aliphatic rings. The molecule has 1 atom stereocenters. The average Bonchev–Trinajstić information content (AvgIpc) is 2.90. The van der Waals surface area contributed by atoms with Crippen molar-refractivity contribution < 1.29 is 13.6 Å². The highest BCUT2D eigenvalue weighted by Gasteiger charge is 2.23. The number of halogens is 2. The van der Waals surface area contributed by atoms with Gasteiger partial charge in [-0.3, -0.25) is 4.79 Å². The first kappa shape index (κ1) is 14.9. The molecule has 0 radical (unpaired) electrons. The molecule has 110 valence electrons. The number of nitrogens with one attached hydrogen (secondary N) is 1. The molecule has 1 amide bonds. The molecule has 0 aliphatic carbocycles. The van der Waals surface area contributed by atoms with E-state index in [4.69, 9.17) is 0 Å². The third kappa shape index (κ3) is 3.54. The lowest BCUT2D eigenvalue weighted by Gasteiger charge is -2.25. The molecule has 5 heteroatoms. The first-order valence-electron chi connectivity index (χ1n) is 7.09. The Bertz CT molecular complexity index is 473. The molecule has 1 unspecified atom stereocenters. The molecule has 1 heterocycles. The van der Waals surface area contributed by atoms with Gasteiger partial charge >= 0.3 is 0 Å². The van der Waals surface area contributed by atoms with Crippen LogP contribution in [0.25, 0.3) is 0 Å². The molecule has 2 rings (SSSR count). The monoisotopic (exact) mass is 282 g/mol. The SMILES string of the molecule is CCCN(CC1CCCN1)C(=O)c1ccc(F)cc1F. The Kier molecular flexibility index (Phi) is 5.06. The summed E-state index contributed by atoms with van der Waals surface area (Å²) < 4.78 is 26.6. The van der Waals surface area contributed by atoms with Crippen LogP contribution in [0.2, 0.25) is 0 Å². The largest absolute Gasteiger partial charge is 0.337 e. The average molecular weight is 282 g/mol. The summed E-state index contributed by atoms with van der Waals surface area (Å²) in [5, 5.41) is 3.33. The number of hydrogen-bond donors (Lipinski definition) is 1. The van der Waals surface area contributed by atoms with Crippen LogP contribution in [0.3, 0.4) is 0 Å². The van der Waals surface area contributed by atoms with E-state index in [1.54, 1.807) is 4.90 Å². The highest BCUT2D eigenvalue weighted by molar-refractivity contribution is 5.94. The zero-order chi connectivity index (χ0) is 14.5. The second-order valence-electron chi connectivity index (χ2n) is 5.17. The van der Waals surface area contributed by atoms with E-state index in [0.29, 0.717) is 13.1 Å². The van der Waals surface area contributed by atoms with E-state index >= 15 is 0 Å². The van der Waals surface area contributed by atoms with Crippen molar-refractivity contribution in [2.45, 2.75) is 32.2 Å². The fourth-order valence-corrected chi connectivity index (χ4v) is 2.56. The van der Waals surface area contributed by atoms with Gasteiger partial charge in [0.25, 0.3) is 5.91 Å². The molecule has 20 heavy (non-hydrogen) atoms. The zero-order valence-corrected chi connectivity index (χ0v) is 11.7. The first-order valence-corrected chi connectivity index (χ1v) is 7.09. The standard InChI is InChI=1S/C15H20F2N2O/c1-2-8-19(10-12-4-3-7-18-12)15(20)13-6-5-11(16)9-14(13)17/h5-6,9,12,18H,2-4,7-8,10H2,1H3. The van der Waals surface area contributed by atoms with Crippen LogP contribution in [-0.4, -0.2) is 36.5 Å². The van der Waals surface area contributed by atoms with E-state index < -0.39 is 11.6 Å². The first-order chi connectivity index (χ1) is 9.61. The van der Waals surface area contributed by atoms with Gasteiger partial charge in [-0.1, -0.05) is 6.92 Å². The van der Waals surface area contributed by atoms with E-state index in [1.807, 2.05) is 6.92 Å². The Morgan fingerprint density at radius 3 is 2.85 bits per heavy atom. The van der Waals surface area contributed by atoms with Crippen LogP contribution in [0.15, 0.2) is 18.2 Å². The lowest BCUT2D eigenvalue weighted by Crippen LogP contribution is -2.41. The Labute approximate surface area is 118 Å². The predicted molar refractivity (Wildman–Crippen MR) is 73.6 cm³/mol. The summed E-state index contributed by atoms with van der Waals surface area (Å²) in [6.45, 7) is 4.09. The molecule has 3 nitrogen and oxygen atoms in total. The maximum atomic E-state index is 13.7. The third-order valence-corrected chi connectivity index (χ3v) is 3.55. The molecule has 0 saturated carbocycles. The smallest absolute Gasteiger partial charge is 0.256 e. The van der Waals surface area contributed by atoms with E-state index in [9.17, 15) is 13.6 Å². The maximum Gasteiger partial charge on any atom is 0.256 e. The Hall–Kier alpha value is -1.49. The van der Waals surface area contributed by atoms with Crippen molar-refractivity contribution in [3.63, 3.8) is 0 Å². The quantitative estimate of drug-likeness (QED) is 0.900. The molecular weight excluding hydrogens is 262 g/mol. The van der Waals surface area contributed by atoms with E-state index in [1.165, 1.54) is 6.07 Å². The van der Waals surface area contributed by atoms with Crippen molar-refractivity contribution in [1.82, 2.24) is 10.2 Å². The number of rotatable bonds is 5. The number of benzene rings is 1. The third-order valence-electron chi connectivity index (χ3n) is 3.55. The van der Waals surface area contributed by atoms with Gasteiger partial charge in [-0.05, 0) is 37.9 Å². The van der Waals surface area contributed by atoms with Gasteiger partial charge in [0.2, 0.25) is 0 Å². The molecule has 1 N–H and O–H groups in total. The highest BCUT2D eigenvalue weighted by Crippen LogP contribution is 2.15. The number of hydrogen-bond acceptors (Lipinski definition) is 2. The molecule has 0 aromatic heterocycles. The second kappa shape index (κ2) is 6.79. The van der Waals surface area contributed by atoms with Crippen LogP contribution in [0.4, 0.5) is 8.78 Å². The van der Waals surface area contributed by atoms with E-state index in [-0.39, 0.29) is 17.5 Å². The van der Waals surface area contributed by atoms with Gasteiger partial charge in [-0.25, -0.2) is 8.78 Å². The van der Waals surface area contributed by atoms with Crippen molar-refractivity contribution in [3.05, 3.63) is 35.4 Å². The van der Waals surface area contributed by atoms with Crippen LogP contribution in [0.1, 0.15) is 36.5 Å². The Balaban J connectivity index is 2.12. The summed E-state index contributed by atoms with van der Waals surface area (Å²) in [6.07, 6.45) is 2.93. The van der Waals surface area contributed by atoms with E-state index in [0.717, 1.165) is 37.9 Å². The summed E-state index contributed by atoms with van der Waals surface area (Å²) in [5.74, 6) is -1.83. The van der Waals surface area contributed by atoms with Crippen molar-refractivity contribution in [2.75, 3.05) is 19.6 Å². The number of amides is 1. The van der Waals surface area contributed by atoms with Gasteiger partial charge in [-0.15, -0.1) is 0 Å². The minimum Gasteiger partial charge on any atom is -0.337 e. The van der Waals surface area contributed by atoms with Gasteiger partial charge in [0.05, 0.1) is 5.56 Å².